The average Bonchev–Trinajstić information content (AvgIpc) is 1.77. The summed E-state index contributed by atoms with van der Waals surface area (Å²) in [6.07, 6.45) is 28.3. The number of fused-ring (bicyclic) bond motifs is 5. The van der Waals surface area contributed by atoms with Crippen LogP contribution in [0.3, 0.4) is 0 Å². The van der Waals surface area contributed by atoms with Gasteiger partial charge in [-0.05, 0) is 112 Å². The fraction of sp³-hybridized carbons (Fsp3) is 0.576. The molecule has 0 bridgehead atoms. The van der Waals surface area contributed by atoms with E-state index in [4.69, 9.17) is 4.74 Å². The molecule has 1 fully saturated rings. The van der Waals surface area contributed by atoms with Crippen LogP contribution in [0.5, 0.6) is 0 Å². The van der Waals surface area contributed by atoms with Crippen molar-refractivity contribution in [2.45, 2.75) is 276 Å². The Morgan fingerprint density at radius 3 is 1.09 bits per heavy atom. The molecule has 0 atom stereocenters. The lowest BCUT2D eigenvalue weighted by molar-refractivity contribution is -0.00389. The van der Waals surface area contributed by atoms with Crippen LogP contribution in [0, 0.1) is 48.7 Å². The van der Waals surface area contributed by atoms with Gasteiger partial charge in [0.1, 0.15) is 34.7 Å². The smallest absolute Gasteiger partial charge is 0.201 e. The number of nitrogens with zero attached hydrogens (tertiary/aromatic N) is 18. The number of ether oxygens (including phenoxy) is 1. The van der Waals surface area contributed by atoms with Crippen LogP contribution in [-0.2, 0) is 4.74 Å². The number of morpholine rings is 1. The number of hydrogen-bond donors (Lipinski definition) is 9. The van der Waals surface area contributed by atoms with E-state index < -0.39 is 0 Å². The summed E-state index contributed by atoms with van der Waals surface area (Å²) in [4.78, 5) is 28.2. The number of nitrogens with one attached hydrogen (secondary N) is 9. The monoisotopic (exact) mass is 1660 g/mol. The van der Waals surface area contributed by atoms with Crippen molar-refractivity contribution < 1.29 is 4.74 Å². The molecule has 120 heavy (non-hydrogen) atoms. The first-order chi connectivity index (χ1) is 54.9. The van der Waals surface area contributed by atoms with E-state index in [2.05, 4.69) is 407 Å². The van der Waals surface area contributed by atoms with Gasteiger partial charge in [-0.3, -0.25) is 35.4 Å². The summed E-state index contributed by atoms with van der Waals surface area (Å²) < 4.78 is 5.25. The standard InChI is InChI=1S/C8H17NO.C7H6N2.2C6H5N3.2C5H4N4.9C5H12.2C3H4N2.2C2H3N3/c1-8(2,3)9-4-6-10-7-5-9;1-2-4-7-6(3-1)5-8-9-7;1-2-7-4-6-5(1)3-8-9-6;1-2-4-6-5(3-1)7-9-8-6;1-2-7-5-4(6-1)3-8-9-5;1-2-4-5(6-3-1)8-9-7-4;9*1-5(2,3)4;1-2-5-3-4-1;1-2-4-5-3-1;1-3-2-5-4-1;1-2-4-5-3-1/h4-7H2,1-3H3;1-5H,(H,8,9);1-4H,(H,8,9);1-4H,(H,7,8,9);1-3H,(H,7,8,9);1-3H,(H,6,7,8,9);9*1-4H3;2*1-3H,(H,4,5);2*1-2H,(H,3,4,5). The van der Waals surface area contributed by atoms with Gasteiger partial charge in [-0.15, -0.1) is 5.10 Å². The van der Waals surface area contributed by atoms with Crippen LogP contribution in [0.25, 0.3) is 55.2 Å². The summed E-state index contributed by atoms with van der Waals surface area (Å²) in [6.45, 7) is 89.5. The van der Waals surface area contributed by atoms with E-state index in [0.717, 1.165) is 75.8 Å². The van der Waals surface area contributed by atoms with Gasteiger partial charge < -0.3 is 9.72 Å². The third-order valence-corrected chi connectivity index (χ3v) is 9.43. The molecule has 0 unspecified atom stereocenters. The molecule has 0 radical (unpaired) electrons. The van der Waals surface area contributed by atoms with Gasteiger partial charge in [0.2, 0.25) is 5.65 Å². The van der Waals surface area contributed by atoms with Crippen LogP contribution in [-0.4, -0.2) is 169 Å². The number of aromatic nitrogens is 26. The zero-order valence-electron chi connectivity index (χ0n) is 81.5. The Morgan fingerprint density at radius 1 is 0.300 bits per heavy atom. The lowest BCUT2D eigenvalue weighted by atomic mass is 10.0. The Bertz CT molecular complexity index is 3490. The molecule has 9 N–H and O–H groups in total. The van der Waals surface area contributed by atoms with E-state index in [0.29, 0.717) is 59.9 Å². The van der Waals surface area contributed by atoms with Crippen LogP contribution < -0.4 is 0 Å². The summed E-state index contributed by atoms with van der Waals surface area (Å²) in [7, 11) is 0. The van der Waals surface area contributed by atoms with Crippen molar-refractivity contribution >= 4 is 55.2 Å². The van der Waals surface area contributed by atoms with Gasteiger partial charge in [0.15, 0.2) is 5.65 Å². The quantitative estimate of drug-likeness (QED) is 0.0681. The van der Waals surface area contributed by atoms with Crippen molar-refractivity contribution in [1.82, 2.24) is 137 Å². The Kier molecular flexibility index (Phi) is 59.8. The largest absolute Gasteiger partial charge is 0.379 e. The number of hydrogen-bond acceptors (Lipinski definition) is 19. The van der Waals surface area contributed by atoms with E-state index >= 15 is 0 Å². The minimum Gasteiger partial charge on any atom is -0.379 e. The number of pyridine rings is 2. The minimum atomic E-state index is 0.323. The van der Waals surface area contributed by atoms with Crippen LogP contribution in [0.1, 0.15) is 270 Å². The summed E-state index contributed by atoms with van der Waals surface area (Å²) in [5.74, 6) is 0. The fourth-order valence-electron chi connectivity index (χ4n) is 5.82. The highest BCUT2D eigenvalue weighted by molar-refractivity contribution is 5.77. The molecule has 1 aliphatic heterocycles. The highest BCUT2D eigenvalue weighted by Gasteiger charge is 2.22. The van der Waals surface area contributed by atoms with E-state index in [1.807, 2.05) is 79.0 Å². The maximum Gasteiger partial charge on any atom is 0.201 e. The average molecular weight is 1660 g/mol. The first kappa shape index (κ1) is 116. The highest BCUT2D eigenvalue weighted by atomic mass is 16.5. The summed E-state index contributed by atoms with van der Waals surface area (Å²) in [5.41, 5.74) is 11.7. The zero-order chi connectivity index (χ0) is 92.8. The van der Waals surface area contributed by atoms with Crippen molar-refractivity contribution in [1.29, 1.82) is 0 Å². The molecule has 0 amide bonds. The van der Waals surface area contributed by atoms with Crippen molar-refractivity contribution in [2.75, 3.05) is 26.3 Å². The van der Waals surface area contributed by atoms with E-state index in [9.17, 15) is 0 Å². The van der Waals surface area contributed by atoms with Gasteiger partial charge in [0, 0.05) is 79.0 Å². The van der Waals surface area contributed by atoms with Gasteiger partial charge in [-0.1, -0.05) is 280 Å². The van der Waals surface area contributed by atoms with Crippen LogP contribution >= 0.6 is 0 Å². The van der Waals surface area contributed by atoms with Crippen LogP contribution in [0.2, 0.25) is 0 Å². The maximum atomic E-state index is 5.25. The molecule has 672 valence electrons. The van der Waals surface area contributed by atoms with Crippen LogP contribution in [0.4, 0.5) is 0 Å². The number of para-hydroxylation sites is 3. The van der Waals surface area contributed by atoms with Gasteiger partial charge >= 0.3 is 0 Å². The van der Waals surface area contributed by atoms with Crippen molar-refractivity contribution in [3.05, 3.63) is 179 Å². The minimum absolute atomic E-state index is 0.323. The Labute approximate surface area is 722 Å². The first-order valence-electron chi connectivity index (χ1n) is 40.8. The summed E-state index contributed by atoms with van der Waals surface area (Å²) in [6, 6.07) is 23.1. The number of H-pyrrole nitrogens is 9. The van der Waals surface area contributed by atoms with E-state index in [-0.39, 0.29) is 0 Å². The van der Waals surface area contributed by atoms with E-state index in [1.165, 1.54) is 12.7 Å². The van der Waals surface area contributed by atoms with Gasteiger partial charge in [0.25, 0.3) is 0 Å². The predicted molar refractivity (Wildman–Crippen MR) is 505 cm³/mol. The molecular weight excluding hydrogens is 1500 g/mol. The normalized spacial score (nSPS) is 11.6. The first-order valence-corrected chi connectivity index (χ1v) is 40.8. The molecular formula is C92H163N27O. The Balaban J connectivity index is -0.000000596. The van der Waals surface area contributed by atoms with Crippen molar-refractivity contribution in [3.8, 4) is 0 Å². The predicted octanol–water partition coefficient (Wildman–Crippen LogP) is 24.2. The molecule has 28 heteroatoms. The van der Waals surface area contributed by atoms with Crippen LogP contribution in [0.15, 0.2) is 179 Å². The number of benzene rings is 2. The van der Waals surface area contributed by atoms with Gasteiger partial charge in [-0.25, -0.2) is 24.9 Å². The SMILES string of the molecule is CC(C)(C)C.CC(C)(C)C.CC(C)(C)C.CC(C)(C)C.CC(C)(C)C.CC(C)(C)C.CC(C)(C)C.CC(C)(C)C.CC(C)(C)C.CC(C)(C)N1CCOCC1.c1c[nH]cn1.c1cc2cn[nH]c2cn1.c1ccc2[nH]ncc2c1.c1ccc2n[nH]nc2c1.c1cn[nH]c1.c1cn[nH]n1.c1cnc2[nH]ncc2n1.c1cnc2n[nH]nc2c1.c1nc[nH]n1. The molecule has 2 aromatic carbocycles. The molecule has 15 rings (SSSR count). The van der Waals surface area contributed by atoms with E-state index in [1.54, 1.807) is 86.9 Å². The molecule has 0 aliphatic carbocycles. The number of rotatable bonds is 0. The summed E-state index contributed by atoms with van der Waals surface area (Å²) in [5, 5.41) is 64.0. The number of aromatic amines is 9. The topological polar surface area (TPSA) is 374 Å². The van der Waals surface area contributed by atoms with Gasteiger partial charge in [-0.2, -0.15) is 66.6 Å². The summed E-state index contributed by atoms with van der Waals surface area (Å²) >= 11 is 0. The molecule has 14 aromatic rings. The Hall–Kier alpha value is -10.3. The lowest BCUT2D eigenvalue weighted by Gasteiger charge is -2.38. The zero-order valence-corrected chi connectivity index (χ0v) is 81.5. The second-order valence-corrected chi connectivity index (χ2v) is 42.5. The third kappa shape index (κ3) is 104. The molecule has 1 saturated heterocycles. The molecule has 0 saturated carbocycles. The van der Waals surface area contributed by atoms with Crippen molar-refractivity contribution in [3.63, 3.8) is 0 Å². The van der Waals surface area contributed by atoms with Crippen molar-refractivity contribution in [2.24, 2.45) is 48.7 Å². The number of imidazole rings is 1. The molecule has 12 aromatic heterocycles. The fourth-order valence-corrected chi connectivity index (χ4v) is 5.82. The second-order valence-electron chi connectivity index (χ2n) is 42.5. The second kappa shape index (κ2) is 61.9. The molecule has 28 nitrogen and oxygen atoms in total. The molecule has 13 heterocycles. The Morgan fingerprint density at radius 2 is 0.742 bits per heavy atom. The lowest BCUT2D eigenvalue weighted by Crippen LogP contribution is -2.47. The molecule has 1 aliphatic rings. The highest BCUT2D eigenvalue weighted by Crippen LogP contribution is 2.16. The molecule has 0 spiro atoms. The maximum absolute atomic E-state index is 5.25. The van der Waals surface area contributed by atoms with Gasteiger partial charge in [0.05, 0.1) is 67.8 Å². The third-order valence-electron chi connectivity index (χ3n) is 9.43.